The summed E-state index contributed by atoms with van der Waals surface area (Å²) >= 11 is 1.75. The Morgan fingerprint density at radius 3 is 2.85 bits per heavy atom. The van der Waals surface area contributed by atoms with E-state index >= 15 is 0 Å². The van der Waals surface area contributed by atoms with Gasteiger partial charge in [0.1, 0.15) is 11.4 Å². The minimum atomic E-state index is -1.44. The van der Waals surface area contributed by atoms with Crippen molar-refractivity contribution in [2.75, 3.05) is 18.1 Å². The van der Waals surface area contributed by atoms with E-state index in [1.165, 1.54) is 0 Å². The van der Waals surface area contributed by atoms with Crippen molar-refractivity contribution in [2.45, 2.75) is 6.42 Å². The van der Waals surface area contributed by atoms with Crippen LogP contribution in [0.5, 0.6) is 0 Å². The van der Waals surface area contributed by atoms with Crippen LogP contribution in [0.3, 0.4) is 0 Å². The zero-order chi connectivity index (χ0) is 14.7. The van der Waals surface area contributed by atoms with E-state index in [4.69, 9.17) is 0 Å². The van der Waals surface area contributed by atoms with Gasteiger partial charge in [0, 0.05) is 12.6 Å². The Labute approximate surface area is 117 Å². The minimum Gasteiger partial charge on any atom is -0.352 e. The zero-order valence-corrected chi connectivity index (χ0v) is 11.2. The van der Waals surface area contributed by atoms with E-state index in [0.717, 1.165) is 24.0 Å². The van der Waals surface area contributed by atoms with E-state index in [-0.39, 0.29) is 5.92 Å². The second-order valence-corrected chi connectivity index (χ2v) is 5.60. The molecule has 1 atom stereocenters. The van der Waals surface area contributed by atoms with E-state index in [2.05, 4.69) is 5.32 Å². The summed E-state index contributed by atoms with van der Waals surface area (Å²) in [6.45, 7) is 0.313. The number of nitrogens with zero attached hydrogens (tertiary/aromatic N) is 1. The monoisotopic (exact) mass is 302 g/mol. The number of nitro groups is 1. The number of rotatable bonds is 4. The molecule has 1 saturated heterocycles. The summed E-state index contributed by atoms with van der Waals surface area (Å²) in [5.41, 5.74) is -1.81. The molecule has 1 aromatic rings. The lowest BCUT2D eigenvalue weighted by Gasteiger charge is -2.11. The van der Waals surface area contributed by atoms with Crippen molar-refractivity contribution in [1.29, 1.82) is 0 Å². The van der Waals surface area contributed by atoms with Crippen molar-refractivity contribution in [2.24, 2.45) is 5.92 Å². The van der Waals surface area contributed by atoms with E-state index in [0.29, 0.717) is 12.6 Å². The number of hydrogen-bond donors (Lipinski definition) is 1. The standard InChI is InChI=1S/C12H12F2N2O3S/c13-8-1-2-9(16(18)19)11(14)10(8)12(17)15-5-7-3-4-20-6-7/h1-2,7H,3-6H2,(H,15,17). The number of nitro benzene ring substituents is 1. The van der Waals surface area contributed by atoms with Crippen LogP contribution in [0.4, 0.5) is 14.5 Å². The van der Waals surface area contributed by atoms with Gasteiger partial charge in [-0.25, -0.2) is 4.39 Å². The van der Waals surface area contributed by atoms with Crippen molar-refractivity contribution in [3.8, 4) is 0 Å². The molecule has 0 radical (unpaired) electrons. The maximum atomic E-state index is 13.8. The molecule has 5 nitrogen and oxygen atoms in total. The maximum absolute atomic E-state index is 13.8. The first-order valence-corrected chi connectivity index (χ1v) is 7.14. The Kier molecular flexibility index (Phi) is 4.53. The first-order valence-electron chi connectivity index (χ1n) is 5.99. The van der Waals surface area contributed by atoms with Crippen molar-refractivity contribution >= 4 is 23.4 Å². The fraction of sp³-hybridized carbons (Fsp3) is 0.417. The molecule has 8 heteroatoms. The fourth-order valence-corrected chi connectivity index (χ4v) is 3.24. The Balaban J connectivity index is 2.15. The van der Waals surface area contributed by atoms with Gasteiger partial charge in [-0.3, -0.25) is 14.9 Å². The molecule has 1 fully saturated rings. The summed E-state index contributed by atoms with van der Waals surface area (Å²) in [6.07, 6.45) is 0.935. The van der Waals surface area contributed by atoms with Crippen molar-refractivity contribution in [3.63, 3.8) is 0 Å². The number of hydrogen-bond acceptors (Lipinski definition) is 4. The lowest BCUT2D eigenvalue weighted by Crippen LogP contribution is -2.30. The van der Waals surface area contributed by atoms with Gasteiger partial charge in [-0.1, -0.05) is 0 Å². The molecule has 108 valence electrons. The van der Waals surface area contributed by atoms with Crippen molar-refractivity contribution < 1.29 is 18.5 Å². The van der Waals surface area contributed by atoms with Gasteiger partial charge in [-0.05, 0) is 29.9 Å². The molecule has 20 heavy (non-hydrogen) atoms. The number of amides is 1. The van der Waals surface area contributed by atoms with Crippen LogP contribution in [0.1, 0.15) is 16.8 Å². The van der Waals surface area contributed by atoms with E-state index in [9.17, 15) is 23.7 Å². The molecule has 0 aliphatic carbocycles. The van der Waals surface area contributed by atoms with Crippen LogP contribution in [-0.4, -0.2) is 28.9 Å². The molecular weight excluding hydrogens is 290 g/mol. The topological polar surface area (TPSA) is 72.2 Å². The molecule has 1 heterocycles. The van der Waals surface area contributed by atoms with Gasteiger partial charge in [0.25, 0.3) is 5.91 Å². The quantitative estimate of drug-likeness (QED) is 0.684. The van der Waals surface area contributed by atoms with Crippen LogP contribution in [0, 0.1) is 27.7 Å². The molecule has 1 aromatic carbocycles. The van der Waals surface area contributed by atoms with Gasteiger partial charge in [0.2, 0.25) is 5.82 Å². The number of halogens is 2. The zero-order valence-electron chi connectivity index (χ0n) is 10.4. The summed E-state index contributed by atoms with van der Waals surface area (Å²) in [5.74, 6) is -1.34. The van der Waals surface area contributed by atoms with Gasteiger partial charge >= 0.3 is 5.69 Å². The average Bonchev–Trinajstić information content (AvgIpc) is 2.89. The molecule has 1 aliphatic heterocycles. The van der Waals surface area contributed by atoms with E-state index in [1.807, 2.05) is 0 Å². The van der Waals surface area contributed by atoms with Crippen LogP contribution < -0.4 is 5.32 Å². The molecule has 1 amide bonds. The maximum Gasteiger partial charge on any atom is 0.305 e. The highest BCUT2D eigenvalue weighted by atomic mass is 32.2. The summed E-state index contributed by atoms with van der Waals surface area (Å²) < 4.78 is 27.3. The third-order valence-electron chi connectivity index (χ3n) is 3.07. The Hall–Kier alpha value is -1.70. The average molecular weight is 302 g/mol. The SMILES string of the molecule is O=C(NCC1CCSC1)c1c(F)ccc([N+](=O)[O-])c1F. The van der Waals surface area contributed by atoms with Crippen LogP contribution >= 0.6 is 11.8 Å². The Morgan fingerprint density at radius 1 is 1.50 bits per heavy atom. The molecule has 1 unspecified atom stereocenters. The normalized spacial score (nSPS) is 18.0. The van der Waals surface area contributed by atoms with Crippen LogP contribution in [0.2, 0.25) is 0 Å². The number of carbonyl (C=O) groups excluding carboxylic acids is 1. The molecular formula is C12H12F2N2O3S. The summed E-state index contributed by atoms with van der Waals surface area (Å²) in [6, 6.07) is 1.43. The largest absolute Gasteiger partial charge is 0.352 e. The van der Waals surface area contributed by atoms with E-state index < -0.39 is 33.7 Å². The van der Waals surface area contributed by atoms with Gasteiger partial charge in [0.15, 0.2) is 0 Å². The molecule has 0 saturated carbocycles. The van der Waals surface area contributed by atoms with Crippen molar-refractivity contribution in [1.82, 2.24) is 5.32 Å². The first kappa shape index (κ1) is 14.7. The molecule has 0 aromatic heterocycles. The van der Waals surface area contributed by atoms with Gasteiger partial charge in [0.05, 0.1) is 4.92 Å². The lowest BCUT2D eigenvalue weighted by atomic mass is 10.1. The highest BCUT2D eigenvalue weighted by molar-refractivity contribution is 7.99. The van der Waals surface area contributed by atoms with Gasteiger partial charge in [-0.15, -0.1) is 0 Å². The van der Waals surface area contributed by atoms with Gasteiger partial charge < -0.3 is 5.32 Å². The predicted molar refractivity (Wildman–Crippen MR) is 70.8 cm³/mol. The second kappa shape index (κ2) is 6.17. The summed E-state index contributed by atoms with van der Waals surface area (Å²) in [4.78, 5) is 21.4. The molecule has 2 rings (SSSR count). The number of benzene rings is 1. The number of thioether (sulfide) groups is 1. The third kappa shape index (κ3) is 3.06. The number of nitrogens with one attached hydrogen (secondary N) is 1. The smallest absolute Gasteiger partial charge is 0.305 e. The fourth-order valence-electron chi connectivity index (χ4n) is 1.96. The third-order valence-corrected chi connectivity index (χ3v) is 4.30. The minimum absolute atomic E-state index is 0.272. The summed E-state index contributed by atoms with van der Waals surface area (Å²) in [5, 5.41) is 13.0. The molecule has 1 aliphatic rings. The van der Waals surface area contributed by atoms with Gasteiger partial charge in [-0.2, -0.15) is 16.2 Å². The Bertz CT molecular complexity index is 548. The second-order valence-electron chi connectivity index (χ2n) is 4.45. The molecule has 0 spiro atoms. The lowest BCUT2D eigenvalue weighted by molar-refractivity contribution is -0.387. The van der Waals surface area contributed by atoms with Crippen LogP contribution in [0.25, 0.3) is 0 Å². The highest BCUT2D eigenvalue weighted by Crippen LogP contribution is 2.24. The predicted octanol–water partition coefficient (Wildman–Crippen LogP) is 2.36. The molecule has 0 bridgehead atoms. The van der Waals surface area contributed by atoms with Crippen LogP contribution in [0.15, 0.2) is 12.1 Å². The number of carbonyl (C=O) groups is 1. The van der Waals surface area contributed by atoms with Crippen molar-refractivity contribution in [3.05, 3.63) is 39.4 Å². The molecule has 1 N–H and O–H groups in total. The highest BCUT2D eigenvalue weighted by Gasteiger charge is 2.26. The van der Waals surface area contributed by atoms with E-state index in [1.54, 1.807) is 11.8 Å². The first-order chi connectivity index (χ1) is 9.50. The van der Waals surface area contributed by atoms with Crippen LogP contribution in [-0.2, 0) is 0 Å². The Morgan fingerprint density at radius 2 is 2.25 bits per heavy atom. The summed E-state index contributed by atoms with van der Waals surface area (Å²) in [7, 11) is 0.